The minimum atomic E-state index is -0.544. The number of benzene rings is 1. The van der Waals surface area contributed by atoms with Crippen molar-refractivity contribution in [2.45, 2.75) is 26.4 Å². The average Bonchev–Trinajstić information content (AvgIpc) is 2.92. The van der Waals surface area contributed by atoms with Crippen molar-refractivity contribution < 1.29 is 9.32 Å². The first-order valence-corrected chi connectivity index (χ1v) is 7.38. The molecule has 1 aromatic carbocycles. The summed E-state index contributed by atoms with van der Waals surface area (Å²) in [5.41, 5.74) is 6.59. The number of nitrogens with two attached hydrogens (primary N) is 1. The summed E-state index contributed by atoms with van der Waals surface area (Å²) in [6.45, 7) is 3.95. The van der Waals surface area contributed by atoms with Gasteiger partial charge in [0.1, 0.15) is 0 Å². The van der Waals surface area contributed by atoms with Gasteiger partial charge in [-0.3, -0.25) is 4.79 Å². The second-order valence-electron chi connectivity index (χ2n) is 5.01. The Bertz CT molecular complexity index is 633. The Morgan fingerprint density at radius 1 is 1.45 bits per heavy atom. The summed E-state index contributed by atoms with van der Waals surface area (Å²) in [7, 11) is 0. The molecule has 0 radical (unpaired) electrons. The van der Waals surface area contributed by atoms with Crippen LogP contribution in [-0.2, 0) is 11.3 Å². The van der Waals surface area contributed by atoms with Gasteiger partial charge in [-0.05, 0) is 18.1 Å². The van der Waals surface area contributed by atoms with Gasteiger partial charge in [0.15, 0.2) is 0 Å². The summed E-state index contributed by atoms with van der Waals surface area (Å²) in [4.78, 5) is 16.0. The van der Waals surface area contributed by atoms with Gasteiger partial charge in [-0.25, -0.2) is 0 Å². The van der Waals surface area contributed by atoms with Crippen molar-refractivity contribution >= 4 is 34.2 Å². The lowest BCUT2D eigenvalue weighted by molar-refractivity contribution is -0.123. The highest BCUT2D eigenvalue weighted by Crippen LogP contribution is 2.20. The average molecular weight is 390 g/mol. The van der Waals surface area contributed by atoms with E-state index >= 15 is 0 Å². The molecule has 22 heavy (non-hydrogen) atoms. The molecule has 0 unspecified atom stereocenters. The van der Waals surface area contributed by atoms with Crippen LogP contribution in [-0.4, -0.2) is 22.1 Å². The smallest absolute Gasteiger partial charge is 0.246 e. The number of aromatic nitrogens is 2. The molecule has 0 saturated carbocycles. The summed E-state index contributed by atoms with van der Waals surface area (Å²) >= 11 is 3.39. The molecule has 1 aromatic heterocycles. The first-order valence-electron chi connectivity index (χ1n) is 6.59. The Morgan fingerprint density at radius 3 is 2.82 bits per heavy atom. The second-order valence-corrected chi connectivity index (χ2v) is 5.93. The highest BCUT2D eigenvalue weighted by Gasteiger charge is 2.18. The van der Waals surface area contributed by atoms with Crippen molar-refractivity contribution in [3.05, 3.63) is 34.6 Å². The fourth-order valence-corrected chi connectivity index (χ4v) is 2.05. The maximum absolute atomic E-state index is 11.7. The largest absolute Gasteiger partial charge is 0.346 e. The number of carbonyl (C=O) groups excluding carboxylic acids is 1. The lowest BCUT2D eigenvalue weighted by Gasteiger charge is -2.14. The number of carbonyl (C=O) groups is 1. The van der Waals surface area contributed by atoms with Crippen LogP contribution in [0.4, 0.5) is 0 Å². The molecule has 0 spiro atoms. The van der Waals surface area contributed by atoms with Crippen molar-refractivity contribution in [2.24, 2.45) is 11.7 Å². The molecule has 0 aliphatic rings. The van der Waals surface area contributed by atoms with Crippen LogP contribution in [0, 0.1) is 5.92 Å². The first kappa shape index (κ1) is 18.6. The molecule has 1 atom stereocenters. The summed E-state index contributed by atoms with van der Waals surface area (Å²) in [6.07, 6.45) is 0. The molecule has 0 fully saturated rings. The standard InChI is InChI=1S/C14H17BrN4O2.ClH/c1-8(2)12(16)14(20)17-7-11-18-13(19-21-11)9-4-3-5-10(15)6-9;/h3-6,8,12H,7,16H2,1-2H3,(H,17,20);1H/t12-;/m0./s1. The van der Waals surface area contributed by atoms with E-state index < -0.39 is 6.04 Å². The van der Waals surface area contributed by atoms with Gasteiger partial charge in [-0.2, -0.15) is 4.98 Å². The van der Waals surface area contributed by atoms with Crippen molar-refractivity contribution in [1.82, 2.24) is 15.5 Å². The van der Waals surface area contributed by atoms with Crippen LogP contribution in [0.15, 0.2) is 33.3 Å². The highest BCUT2D eigenvalue weighted by atomic mass is 79.9. The number of nitrogens with one attached hydrogen (secondary N) is 1. The van der Waals surface area contributed by atoms with Gasteiger partial charge < -0.3 is 15.6 Å². The number of nitrogens with zero attached hydrogens (tertiary/aromatic N) is 2. The summed E-state index contributed by atoms with van der Waals surface area (Å²) < 4.78 is 6.05. The molecule has 0 saturated heterocycles. The molecule has 3 N–H and O–H groups in total. The third-order valence-electron chi connectivity index (χ3n) is 2.99. The first-order chi connectivity index (χ1) is 9.97. The van der Waals surface area contributed by atoms with E-state index in [-0.39, 0.29) is 30.8 Å². The van der Waals surface area contributed by atoms with Gasteiger partial charge >= 0.3 is 0 Å². The number of hydrogen-bond acceptors (Lipinski definition) is 5. The number of amides is 1. The number of halogens is 2. The molecule has 8 heteroatoms. The number of hydrogen-bond donors (Lipinski definition) is 2. The lowest BCUT2D eigenvalue weighted by atomic mass is 10.1. The van der Waals surface area contributed by atoms with E-state index in [9.17, 15) is 4.79 Å². The molecular weight excluding hydrogens is 372 g/mol. The van der Waals surface area contributed by atoms with Gasteiger partial charge in [0.25, 0.3) is 0 Å². The molecule has 6 nitrogen and oxygen atoms in total. The SMILES string of the molecule is CC(C)[C@H](N)C(=O)NCc1nc(-c2cccc(Br)c2)no1.Cl. The third kappa shape index (κ3) is 4.79. The zero-order valence-corrected chi connectivity index (χ0v) is 14.6. The monoisotopic (exact) mass is 388 g/mol. The molecule has 2 aromatic rings. The lowest BCUT2D eigenvalue weighted by Crippen LogP contribution is -2.43. The topological polar surface area (TPSA) is 94.0 Å². The van der Waals surface area contributed by atoms with Crippen molar-refractivity contribution in [3.63, 3.8) is 0 Å². The molecule has 1 amide bonds. The normalized spacial score (nSPS) is 11.9. The predicted molar refractivity (Wildman–Crippen MR) is 89.3 cm³/mol. The number of rotatable bonds is 5. The van der Waals surface area contributed by atoms with E-state index in [4.69, 9.17) is 10.3 Å². The van der Waals surface area contributed by atoms with Crippen LogP contribution >= 0.6 is 28.3 Å². The zero-order valence-electron chi connectivity index (χ0n) is 12.2. The Balaban J connectivity index is 0.00000242. The van der Waals surface area contributed by atoms with Gasteiger partial charge in [-0.15, -0.1) is 12.4 Å². The van der Waals surface area contributed by atoms with Crippen LogP contribution in [0.5, 0.6) is 0 Å². The van der Waals surface area contributed by atoms with Crippen LogP contribution in [0.3, 0.4) is 0 Å². The maximum atomic E-state index is 11.7. The van der Waals surface area contributed by atoms with Gasteiger partial charge in [0.2, 0.25) is 17.6 Å². The summed E-state index contributed by atoms with van der Waals surface area (Å²) in [5.74, 6) is 0.667. The molecule has 1 heterocycles. The van der Waals surface area contributed by atoms with Crippen molar-refractivity contribution in [3.8, 4) is 11.4 Å². The molecular formula is C14H18BrClN4O2. The zero-order chi connectivity index (χ0) is 15.4. The Hall–Kier alpha value is -1.44. The molecule has 0 aliphatic heterocycles. The predicted octanol–water partition coefficient (Wildman–Crippen LogP) is 2.52. The molecule has 120 valence electrons. The van der Waals surface area contributed by atoms with Crippen LogP contribution in [0.25, 0.3) is 11.4 Å². The van der Waals surface area contributed by atoms with Gasteiger partial charge in [0, 0.05) is 10.0 Å². The Kier molecular flexibility index (Phi) is 6.99. The van der Waals surface area contributed by atoms with E-state index in [0.29, 0.717) is 11.7 Å². The fraction of sp³-hybridized carbons (Fsp3) is 0.357. The van der Waals surface area contributed by atoms with Crippen molar-refractivity contribution in [1.29, 1.82) is 0 Å². The summed E-state index contributed by atoms with van der Waals surface area (Å²) in [5, 5.41) is 6.58. The van der Waals surface area contributed by atoms with E-state index in [1.54, 1.807) is 0 Å². The molecule has 0 aliphatic carbocycles. The molecule has 0 bridgehead atoms. The third-order valence-corrected chi connectivity index (χ3v) is 3.48. The second kappa shape index (κ2) is 8.26. The maximum Gasteiger partial charge on any atom is 0.246 e. The van der Waals surface area contributed by atoms with E-state index in [1.807, 2.05) is 38.1 Å². The van der Waals surface area contributed by atoms with Crippen LogP contribution in [0.1, 0.15) is 19.7 Å². The van der Waals surface area contributed by atoms with E-state index in [0.717, 1.165) is 10.0 Å². The quantitative estimate of drug-likeness (QED) is 0.819. The minimum Gasteiger partial charge on any atom is -0.346 e. The van der Waals surface area contributed by atoms with Gasteiger partial charge in [0.05, 0.1) is 12.6 Å². The van der Waals surface area contributed by atoms with Crippen LogP contribution in [0.2, 0.25) is 0 Å². The Morgan fingerprint density at radius 2 is 2.18 bits per heavy atom. The van der Waals surface area contributed by atoms with Gasteiger partial charge in [-0.1, -0.05) is 47.1 Å². The van der Waals surface area contributed by atoms with Crippen LogP contribution < -0.4 is 11.1 Å². The van der Waals surface area contributed by atoms with Crippen molar-refractivity contribution in [2.75, 3.05) is 0 Å². The summed E-state index contributed by atoms with van der Waals surface area (Å²) in [6, 6.07) is 7.03. The van der Waals surface area contributed by atoms with E-state index in [2.05, 4.69) is 31.4 Å². The fourth-order valence-electron chi connectivity index (χ4n) is 1.65. The highest BCUT2D eigenvalue weighted by molar-refractivity contribution is 9.10. The Labute approximate surface area is 143 Å². The molecule has 2 rings (SSSR count). The minimum absolute atomic E-state index is 0. The van der Waals surface area contributed by atoms with E-state index in [1.165, 1.54) is 0 Å².